The predicted octanol–water partition coefficient (Wildman–Crippen LogP) is 2.55. The maximum absolute atomic E-state index is 11.2. The summed E-state index contributed by atoms with van der Waals surface area (Å²) < 4.78 is 10.4. The van der Waals surface area contributed by atoms with Crippen LogP contribution in [0.5, 0.6) is 0 Å². The molecule has 0 amide bonds. The van der Waals surface area contributed by atoms with Crippen LogP contribution in [0.25, 0.3) is 0 Å². The Labute approximate surface area is 101 Å². The van der Waals surface area contributed by atoms with Crippen molar-refractivity contribution in [1.29, 1.82) is 0 Å². The topological polar surface area (TPSA) is 35.5 Å². The van der Waals surface area contributed by atoms with Gasteiger partial charge < -0.3 is 9.47 Å². The summed E-state index contributed by atoms with van der Waals surface area (Å²) in [5.74, 6) is -0.345. The van der Waals surface area contributed by atoms with Crippen molar-refractivity contribution in [2.24, 2.45) is 0 Å². The van der Waals surface area contributed by atoms with Gasteiger partial charge in [0.25, 0.3) is 0 Å². The molecule has 0 saturated heterocycles. The highest BCUT2D eigenvalue weighted by Gasteiger charge is 2.25. The smallest absolute Gasteiger partial charge is 0.333 e. The van der Waals surface area contributed by atoms with Gasteiger partial charge in [-0.05, 0) is 23.6 Å². The normalized spacial score (nSPS) is 16.9. The van der Waals surface area contributed by atoms with E-state index >= 15 is 0 Å². The lowest BCUT2D eigenvalue weighted by molar-refractivity contribution is -0.140. The van der Waals surface area contributed by atoms with Gasteiger partial charge in [0.15, 0.2) is 0 Å². The van der Waals surface area contributed by atoms with Crippen LogP contribution < -0.4 is 0 Å². The molecule has 1 unspecified atom stereocenters. The van der Waals surface area contributed by atoms with Crippen LogP contribution in [0.2, 0.25) is 0 Å². The van der Waals surface area contributed by atoms with Crippen LogP contribution >= 0.6 is 0 Å². The number of carbonyl (C=O) groups is 1. The molecule has 0 aliphatic heterocycles. The minimum atomic E-state index is -0.345. The van der Waals surface area contributed by atoms with Crippen LogP contribution in [-0.2, 0) is 27.3 Å². The molecule has 1 aliphatic rings. The number of methoxy groups -OCH3 is 1. The summed E-state index contributed by atoms with van der Waals surface area (Å²) in [7, 11) is 1.72. The van der Waals surface area contributed by atoms with Crippen molar-refractivity contribution in [1.82, 2.24) is 0 Å². The Kier molecular flexibility index (Phi) is 3.29. The third-order valence-electron chi connectivity index (χ3n) is 2.96. The first-order chi connectivity index (χ1) is 8.11. The first kappa shape index (κ1) is 11.9. The van der Waals surface area contributed by atoms with Crippen molar-refractivity contribution >= 4 is 5.97 Å². The lowest BCUT2D eigenvalue weighted by Crippen LogP contribution is -2.19. The molecule has 0 spiro atoms. The van der Waals surface area contributed by atoms with Crippen LogP contribution in [0.3, 0.4) is 0 Å². The van der Waals surface area contributed by atoms with E-state index in [0.29, 0.717) is 12.2 Å². The number of rotatable bonds is 4. The molecule has 1 aromatic rings. The molecule has 0 N–H and O–H groups in total. The molecule has 0 bridgehead atoms. The number of fused-ring (bicyclic) bond motifs is 1. The van der Waals surface area contributed by atoms with E-state index in [4.69, 9.17) is 9.47 Å². The van der Waals surface area contributed by atoms with Crippen molar-refractivity contribution in [3.63, 3.8) is 0 Å². The molecule has 1 atom stereocenters. The van der Waals surface area contributed by atoms with Gasteiger partial charge in [-0.2, -0.15) is 0 Å². The van der Waals surface area contributed by atoms with Crippen LogP contribution in [0.1, 0.15) is 29.7 Å². The van der Waals surface area contributed by atoms with E-state index in [1.165, 1.54) is 11.1 Å². The highest BCUT2D eigenvalue weighted by molar-refractivity contribution is 5.86. The highest BCUT2D eigenvalue weighted by atomic mass is 16.5. The number of hydrogen-bond donors (Lipinski definition) is 0. The molecule has 0 heterocycles. The van der Waals surface area contributed by atoms with E-state index in [9.17, 15) is 4.79 Å². The SMILES string of the molecule is C=C(C)C(=O)OCc1ccc2c(c1)CC2OC. The number of esters is 1. The number of benzene rings is 1. The number of ether oxygens (including phenoxy) is 2. The molecule has 0 aromatic heterocycles. The Hall–Kier alpha value is -1.61. The van der Waals surface area contributed by atoms with Gasteiger partial charge in [0.05, 0.1) is 6.10 Å². The molecule has 2 rings (SSSR count). The third kappa shape index (κ3) is 2.39. The molecule has 0 radical (unpaired) electrons. The largest absolute Gasteiger partial charge is 0.457 e. The Morgan fingerprint density at radius 1 is 1.53 bits per heavy atom. The molecule has 0 saturated carbocycles. The van der Waals surface area contributed by atoms with Crippen LogP contribution in [0, 0.1) is 0 Å². The van der Waals surface area contributed by atoms with E-state index in [1.807, 2.05) is 12.1 Å². The molecule has 17 heavy (non-hydrogen) atoms. The van der Waals surface area contributed by atoms with Crippen molar-refractivity contribution < 1.29 is 14.3 Å². The zero-order valence-corrected chi connectivity index (χ0v) is 10.2. The van der Waals surface area contributed by atoms with Gasteiger partial charge in [-0.3, -0.25) is 0 Å². The first-order valence-corrected chi connectivity index (χ1v) is 5.59. The van der Waals surface area contributed by atoms with Crippen LogP contribution in [0.4, 0.5) is 0 Å². The monoisotopic (exact) mass is 232 g/mol. The Bertz CT molecular complexity index is 463. The number of carbonyl (C=O) groups excluding carboxylic acids is 1. The van der Waals surface area contributed by atoms with Gasteiger partial charge in [0, 0.05) is 19.1 Å². The molecular formula is C14H16O3. The molecule has 1 aliphatic carbocycles. The number of hydrogen-bond acceptors (Lipinski definition) is 3. The molecule has 3 nitrogen and oxygen atoms in total. The molecule has 1 aromatic carbocycles. The van der Waals surface area contributed by atoms with Gasteiger partial charge in [-0.1, -0.05) is 24.8 Å². The Balaban J connectivity index is 1.98. The van der Waals surface area contributed by atoms with E-state index in [2.05, 4.69) is 12.6 Å². The maximum Gasteiger partial charge on any atom is 0.333 e. The van der Waals surface area contributed by atoms with E-state index in [1.54, 1.807) is 14.0 Å². The summed E-state index contributed by atoms with van der Waals surface area (Å²) in [6.45, 7) is 5.48. The minimum Gasteiger partial charge on any atom is -0.457 e. The summed E-state index contributed by atoms with van der Waals surface area (Å²) >= 11 is 0. The van der Waals surface area contributed by atoms with Crippen molar-refractivity contribution in [3.05, 3.63) is 47.0 Å². The summed E-state index contributed by atoms with van der Waals surface area (Å²) in [6, 6.07) is 6.07. The van der Waals surface area contributed by atoms with Gasteiger partial charge in [-0.25, -0.2) is 4.79 Å². The average molecular weight is 232 g/mol. The summed E-state index contributed by atoms with van der Waals surface area (Å²) in [5, 5.41) is 0. The van der Waals surface area contributed by atoms with Crippen LogP contribution in [0.15, 0.2) is 30.4 Å². The molecule has 0 fully saturated rings. The minimum absolute atomic E-state index is 0.233. The summed E-state index contributed by atoms with van der Waals surface area (Å²) in [6.07, 6.45) is 1.17. The van der Waals surface area contributed by atoms with E-state index in [0.717, 1.165) is 12.0 Å². The lowest BCUT2D eigenvalue weighted by Gasteiger charge is -2.29. The second-order valence-corrected chi connectivity index (χ2v) is 4.32. The summed E-state index contributed by atoms with van der Waals surface area (Å²) in [5.41, 5.74) is 3.95. The van der Waals surface area contributed by atoms with Gasteiger partial charge in [-0.15, -0.1) is 0 Å². The van der Waals surface area contributed by atoms with E-state index < -0.39 is 0 Å². The van der Waals surface area contributed by atoms with Crippen molar-refractivity contribution in [3.8, 4) is 0 Å². The quantitative estimate of drug-likeness (QED) is 0.591. The van der Waals surface area contributed by atoms with Gasteiger partial charge in [0.1, 0.15) is 6.61 Å². The van der Waals surface area contributed by atoms with Crippen molar-refractivity contribution in [2.75, 3.05) is 7.11 Å². The standard InChI is InChI=1S/C14H16O3/c1-9(2)14(15)17-8-10-4-5-12-11(6-10)7-13(12)16-3/h4-6,13H,1,7-8H2,2-3H3. The molecular weight excluding hydrogens is 216 g/mol. The Morgan fingerprint density at radius 3 is 2.88 bits per heavy atom. The van der Waals surface area contributed by atoms with E-state index in [-0.39, 0.29) is 12.1 Å². The zero-order chi connectivity index (χ0) is 12.4. The Morgan fingerprint density at radius 2 is 2.29 bits per heavy atom. The van der Waals surface area contributed by atoms with Gasteiger partial charge in [0.2, 0.25) is 0 Å². The van der Waals surface area contributed by atoms with Crippen molar-refractivity contribution in [2.45, 2.75) is 26.1 Å². The zero-order valence-electron chi connectivity index (χ0n) is 10.2. The molecule has 90 valence electrons. The van der Waals surface area contributed by atoms with Gasteiger partial charge >= 0.3 is 5.97 Å². The second kappa shape index (κ2) is 4.72. The molecule has 3 heteroatoms. The lowest BCUT2D eigenvalue weighted by atomic mass is 9.84. The van der Waals surface area contributed by atoms with Crippen LogP contribution in [-0.4, -0.2) is 13.1 Å². The highest BCUT2D eigenvalue weighted by Crippen LogP contribution is 2.35. The first-order valence-electron chi connectivity index (χ1n) is 5.59. The average Bonchev–Trinajstić information content (AvgIpc) is 2.28. The third-order valence-corrected chi connectivity index (χ3v) is 2.96. The summed E-state index contributed by atoms with van der Waals surface area (Å²) in [4.78, 5) is 11.2. The maximum atomic E-state index is 11.2. The second-order valence-electron chi connectivity index (χ2n) is 4.32. The fourth-order valence-corrected chi connectivity index (χ4v) is 1.90. The predicted molar refractivity (Wildman–Crippen MR) is 64.5 cm³/mol. The fourth-order valence-electron chi connectivity index (χ4n) is 1.90. The fraction of sp³-hybridized carbons (Fsp3) is 0.357.